The number of hydrogen-bond donors (Lipinski definition) is 1. The third-order valence-corrected chi connectivity index (χ3v) is 6.78. The molecule has 142 valence electrons. The number of nitrogens with zero attached hydrogens (tertiary/aromatic N) is 5. The maximum absolute atomic E-state index is 12.2. The largest absolute Gasteiger partial charge is 0.367 e. The lowest BCUT2D eigenvalue weighted by Gasteiger charge is -2.23. The van der Waals surface area contributed by atoms with Gasteiger partial charge in [0.05, 0.1) is 5.75 Å². The summed E-state index contributed by atoms with van der Waals surface area (Å²) in [6, 6.07) is 13.4. The van der Waals surface area contributed by atoms with E-state index in [1.54, 1.807) is 15.7 Å². The minimum absolute atomic E-state index is 0.0399. The fourth-order valence-corrected chi connectivity index (χ4v) is 4.79. The molecule has 0 spiro atoms. The smallest absolute Gasteiger partial charge is 0.214 e. The summed E-state index contributed by atoms with van der Waals surface area (Å²) in [5.74, 6) is 1.47. The van der Waals surface area contributed by atoms with Gasteiger partial charge in [0.2, 0.25) is 10.0 Å². The molecule has 1 unspecified atom stereocenters. The topological polar surface area (TPSA) is 92.5 Å². The summed E-state index contributed by atoms with van der Waals surface area (Å²) in [5, 5.41) is 16.3. The second-order valence-corrected chi connectivity index (χ2v) is 8.78. The van der Waals surface area contributed by atoms with E-state index < -0.39 is 10.0 Å². The van der Waals surface area contributed by atoms with Gasteiger partial charge in [-0.2, -0.15) is 8.82 Å². The van der Waals surface area contributed by atoms with Crippen LogP contribution in [0.2, 0.25) is 0 Å². The quantitative estimate of drug-likeness (QED) is 0.697. The van der Waals surface area contributed by atoms with Crippen molar-refractivity contribution in [2.45, 2.75) is 25.8 Å². The van der Waals surface area contributed by atoms with Gasteiger partial charge >= 0.3 is 0 Å². The van der Waals surface area contributed by atoms with Gasteiger partial charge in [0.1, 0.15) is 5.82 Å². The molecule has 1 aliphatic heterocycles. The maximum Gasteiger partial charge on any atom is 0.214 e. The number of benzene rings is 1. The van der Waals surface area contributed by atoms with Crippen LogP contribution in [0.3, 0.4) is 0 Å². The van der Waals surface area contributed by atoms with Crippen LogP contribution in [-0.4, -0.2) is 57.4 Å². The Morgan fingerprint density at radius 3 is 2.74 bits per heavy atom. The van der Waals surface area contributed by atoms with Crippen molar-refractivity contribution in [1.29, 1.82) is 0 Å². The molecule has 1 aromatic carbocycles. The maximum atomic E-state index is 12.2. The van der Waals surface area contributed by atoms with Crippen LogP contribution in [0.25, 0.3) is 17.0 Å². The first-order chi connectivity index (χ1) is 13.1. The number of fused-ring (bicyclic) bond motifs is 1. The van der Waals surface area contributed by atoms with Crippen LogP contribution in [0.4, 0.5) is 5.82 Å². The summed E-state index contributed by atoms with van der Waals surface area (Å²) in [6.07, 6.45) is 1.75. The lowest BCUT2D eigenvalue weighted by Crippen LogP contribution is -2.40. The summed E-state index contributed by atoms with van der Waals surface area (Å²) < 4.78 is 27.8. The highest BCUT2D eigenvalue weighted by Gasteiger charge is 2.32. The lowest BCUT2D eigenvalue weighted by molar-refractivity contribution is 0.399. The molecular weight excluding hydrogens is 364 g/mol. The molecule has 1 aliphatic rings. The normalized spacial score (nSPS) is 18.2. The SMILES string of the molecule is CCS(=O)(=O)N1CCCC1CNc1ccc2nnc(-c3ccccc3)n2n1. The van der Waals surface area contributed by atoms with Crippen LogP contribution in [0.5, 0.6) is 0 Å². The molecular formula is C18H22N6O2S. The monoisotopic (exact) mass is 386 g/mol. The molecule has 0 radical (unpaired) electrons. The van der Waals surface area contributed by atoms with Crippen molar-refractivity contribution in [2.24, 2.45) is 0 Å². The van der Waals surface area contributed by atoms with E-state index in [0.29, 0.717) is 30.4 Å². The van der Waals surface area contributed by atoms with Crippen molar-refractivity contribution in [3.05, 3.63) is 42.5 Å². The van der Waals surface area contributed by atoms with E-state index in [1.807, 2.05) is 42.5 Å². The van der Waals surface area contributed by atoms with E-state index in [2.05, 4.69) is 20.6 Å². The molecule has 3 heterocycles. The molecule has 0 saturated carbocycles. The Kier molecular flexibility index (Phi) is 4.79. The highest BCUT2D eigenvalue weighted by Crippen LogP contribution is 2.22. The highest BCUT2D eigenvalue weighted by atomic mass is 32.2. The van der Waals surface area contributed by atoms with Gasteiger partial charge < -0.3 is 5.32 Å². The van der Waals surface area contributed by atoms with Crippen LogP contribution >= 0.6 is 0 Å². The van der Waals surface area contributed by atoms with Gasteiger partial charge in [-0.3, -0.25) is 0 Å². The van der Waals surface area contributed by atoms with E-state index in [4.69, 9.17) is 0 Å². The molecule has 1 N–H and O–H groups in total. The van der Waals surface area contributed by atoms with E-state index in [9.17, 15) is 8.42 Å². The number of aromatic nitrogens is 4. The first kappa shape index (κ1) is 17.9. The summed E-state index contributed by atoms with van der Waals surface area (Å²) >= 11 is 0. The third kappa shape index (κ3) is 3.52. The van der Waals surface area contributed by atoms with Gasteiger partial charge in [-0.15, -0.1) is 15.3 Å². The van der Waals surface area contributed by atoms with Crippen LogP contribution in [0.15, 0.2) is 42.5 Å². The average Bonchev–Trinajstić information content (AvgIpc) is 3.34. The molecule has 8 nitrogen and oxygen atoms in total. The van der Waals surface area contributed by atoms with Crippen molar-refractivity contribution in [2.75, 3.05) is 24.2 Å². The Labute approximate surface area is 158 Å². The zero-order chi connectivity index (χ0) is 18.9. The average molecular weight is 386 g/mol. The minimum atomic E-state index is -3.17. The van der Waals surface area contributed by atoms with E-state index >= 15 is 0 Å². The van der Waals surface area contributed by atoms with Gasteiger partial charge in [0.25, 0.3) is 0 Å². The molecule has 0 aliphatic carbocycles. The summed E-state index contributed by atoms with van der Waals surface area (Å²) in [5.41, 5.74) is 1.60. The number of hydrogen-bond acceptors (Lipinski definition) is 6. The number of rotatable bonds is 6. The van der Waals surface area contributed by atoms with Crippen LogP contribution < -0.4 is 5.32 Å². The standard InChI is InChI=1S/C18H22N6O2S/c1-2-27(25,26)23-12-6-9-15(23)13-19-16-10-11-17-20-21-18(24(17)22-16)14-7-4-3-5-8-14/h3-5,7-8,10-11,15H,2,6,9,12-13H2,1H3,(H,19,22). The van der Waals surface area contributed by atoms with Crippen molar-refractivity contribution in [1.82, 2.24) is 24.1 Å². The molecule has 1 fully saturated rings. The predicted octanol–water partition coefficient (Wildman–Crippen LogP) is 2.02. The molecule has 2 aromatic heterocycles. The van der Waals surface area contributed by atoms with Gasteiger partial charge in [0.15, 0.2) is 11.5 Å². The molecule has 4 rings (SSSR count). The summed E-state index contributed by atoms with van der Waals surface area (Å²) in [6.45, 7) is 2.81. The Bertz CT molecular complexity index is 1030. The molecule has 3 aromatic rings. The fraction of sp³-hybridized carbons (Fsp3) is 0.389. The molecule has 27 heavy (non-hydrogen) atoms. The van der Waals surface area contributed by atoms with E-state index in [0.717, 1.165) is 18.4 Å². The second kappa shape index (κ2) is 7.24. The predicted molar refractivity (Wildman–Crippen MR) is 104 cm³/mol. The van der Waals surface area contributed by atoms with Gasteiger partial charge in [-0.1, -0.05) is 30.3 Å². The number of nitrogens with one attached hydrogen (secondary N) is 1. The van der Waals surface area contributed by atoms with Gasteiger partial charge in [0, 0.05) is 24.7 Å². The van der Waals surface area contributed by atoms with Gasteiger partial charge in [-0.25, -0.2) is 8.42 Å². The van der Waals surface area contributed by atoms with Crippen molar-refractivity contribution >= 4 is 21.5 Å². The van der Waals surface area contributed by atoms with Crippen LogP contribution in [0, 0.1) is 0 Å². The van der Waals surface area contributed by atoms with Crippen molar-refractivity contribution in [3.63, 3.8) is 0 Å². The van der Waals surface area contributed by atoms with E-state index in [1.165, 1.54) is 0 Å². The summed E-state index contributed by atoms with van der Waals surface area (Å²) in [4.78, 5) is 0. The zero-order valence-corrected chi connectivity index (χ0v) is 15.9. The Morgan fingerprint density at radius 1 is 1.15 bits per heavy atom. The Balaban J connectivity index is 1.55. The lowest BCUT2D eigenvalue weighted by atomic mass is 10.2. The molecule has 0 amide bonds. The first-order valence-electron chi connectivity index (χ1n) is 9.10. The molecule has 9 heteroatoms. The fourth-order valence-electron chi connectivity index (χ4n) is 3.42. The van der Waals surface area contributed by atoms with Crippen LogP contribution in [0.1, 0.15) is 19.8 Å². The Hall–Kier alpha value is -2.52. The zero-order valence-electron chi connectivity index (χ0n) is 15.1. The second-order valence-electron chi connectivity index (χ2n) is 6.57. The first-order valence-corrected chi connectivity index (χ1v) is 10.7. The Morgan fingerprint density at radius 2 is 1.96 bits per heavy atom. The molecule has 0 bridgehead atoms. The molecule has 1 saturated heterocycles. The summed E-state index contributed by atoms with van der Waals surface area (Å²) in [7, 11) is -3.17. The van der Waals surface area contributed by atoms with Crippen molar-refractivity contribution in [3.8, 4) is 11.4 Å². The highest BCUT2D eigenvalue weighted by molar-refractivity contribution is 7.89. The van der Waals surface area contributed by atoms with E-state index in [-0.39, 0.29) is 11.8 Å². The molecule has 1 atom stereocenters. The minimum Gasteiger partial charge on any atom is -0.367 e. The van der Waals surface area contributed by atoms with Crippen LogP contribution in [-0.2, 0) is 10.0 Å². The number of sulfonamides is 1. The third-order valence-electron chi connectivity index (χ3n) is 4.86. The van der Waals surface area contributed by atoms with Crippen molar-refractivity contribution < 1.29 is 8.42 Å². The van der Waals surface area contributed by atoms with Gasteiger partial charge in [-0.05, 0) is 31.9 Å². The number of anilines is 1.